The third-order valence-electron chi connectivity index (χ3n) is 2.09. The van der Waals surface area contributed by atoms with E-state index in [1.54, 1.807) is 6.07 Å². The zero-order chi connectivity index (χ0) is 14.6. The third kappa shape index (κ3) is 4.44. The molecule has 0 saturated carbocycles. The molecule has 0 heterocycles. The number of alkyl halides is 3. The average molecular weight is 354 g/mol. The summed E-state index contributed by atoms with van der Waals surface area (Å²) in [5.74, 6) is -0.570. The van der Waals surface area contributed by atoms with Crippen LogP contribution in [0, 0.1) is 11.3 Å². The standard InChI is InChI=1S/C11H7BrF3NO2S/c1-18-9(17)4-6-2-3-8(19-11(13,14)15)10(12)7(6)5-16/h2-3H,4H2,1H3. The number of ether oxygens (including phenoxy) is 1. The summed E-state index contributed by atoms with van der Waals surface area (Å²) < 4.78 is 41.4. The molecule has 19 heavy (non-hydrogen) atoms. The molecule has 0 aliphatic carbocycles. The van der Waals surface area contributed by atoms with Crippen LogP contribution in [0.1, 0.15) is 11.1 Å². The van der Waals surface area contributed by atoms with Crippen molar-refractivity contribution in [2.45, 2.75) is 16.8 Å². The first-order valence-corrected chi connectivity index (χ1v) is 6.43. The van der Waals surface area contributed by atoms with E-state index in [0.29, 0.717) is 5.56 Å². The first-order chi connectivity index (χ1) is 8.78. The lowest BCUT2D eigenvalue weighted by molar-refractivity contribution is -0.139. The number of nitrogens with zero attached hydrogens (tertiary/aromatic N) is 1. The van der Waals surface area contributed by atoms with Gasteiger partial charge in [-0.1, -0.05) is 6.07 Å². The van der Waals surface area contributed by atoms with Gasteiger partial charge >= 0.3 is 11.5 Å². The fourth-order valence-electron chi connectivity index (χ4n) is 1.30. The molecule has 0 atom stereocenters. The minimum absolute atomic E-state index is 0.000324. The number of carbonyl (C=O) groups excluding carboxylic acids is 1. The summed E-state index contributed by atoms with van der Waals surface area (Å²) in [6, 6.07) is 4.31. The van der Waals surface area contributed by atoms with Crippen molar-refractivity contribution in [3.05, 3.63) is 27.7 Å². The fourth-order valence-corrected chi connectivity index (χ4v) is 2.59. The maximum atomic E-state index is 12.3. The van der Waals surface area contributed by atoms with Crippen LogP contribution in [0.2, 0.25) is 0 Å². The van der Waals surface area contributed by atoms with Crippen LogP contribution in [0.15, 0.2) is 21.5 Å². The van der Waals surface area contributed by atoms with Crippen molar-refractivity contribution >= 4 is 33.7 Å². The van der Waals surface area contributed by atoms with Crippen LogP contribution in [0.25, 0.3) is 0 Å². The van der Waals surface area contributed by atoms with E-state index in [1.165, 1.54) is 19.2 Å². The fraction of sp³-hybridized carbons (Fsp3) is 0.273. The van der Waals surface area contributed by atoms with Crippen LogP contribution in [-0.4, -0.2) is 18.6 Å². The highest BCUT2D eigenvalue weighted by atomic mass is 79.9. The van der Waals surface area contributed by atoms with Crippen molar-refractivity contribution in [3.8, 4) is 6.07 Å². The normalized spacial score (nSPS) is 10.9. The van der Waals surface area contributed by atoms with E-state index in [2.05, 4.69) is 20.7 Å². The molecule has 1 rings (SSSR count). The Labute approximate surface area is 119 Å². The quantitative estimate of drug-likeness (QED) is 0.614. The van der Waals surface area contributed by atoms with Gasteiger partial charge in [0.05, 0.1) is 19.1 Å². The molecule has 0 spiro atoms. The lowest BCUT2D eigenvalue weighted by Crippen LogP contribution is -2.07. The van der Waals surface area contributed by atoms with Crippen molar-refractivity contribution in [2.24, 2.45) is 0 Å². The zero-order valence-corrected chi connectivity index (χ0v) is 11.9. The van der Waals surface area contributed by atoms with Gasteiger partial charge in [-0.15, -0.1) is 0 Å². The monoisotopic (exact) mass is 353 g/mol. The minimum Gasteiger partial charge on any atom is -0.469 e. The smallest absolute Gasteiger partial charge is 0.446 e. The first kappa shape index (κ1) is 15.9. The average Bonchev–Trinajstić information content (AvgIpc) is 2.31. The minimum atomic E-state index is -4.45. The Bertz CT molecular complexity index is 540. The van der Waals surface area contributed by atoms with Crippen LogP contribution in [0.5, 0.6) is 0 Å². The summed E-state index contributed by atoms with van der Waals surface area (Å²) in [6.07, 6.45) is -0.172. The number of halogens is 4. The number of esters is 1. The summed E-state index contributed by atoms with van der Waals surface area (Å²) >= 11 is 2.64. The molecule has 0 aliphatic heterocycles. The highest BCUT2D eigenvalue weighted by Crippen LogP contribution is 2.42. The van der Waals surface area contributed by atoms with Crippen LogP contribution in [0.3, 0.4) is 0 Å². The molecule has 0 fully saturated rings. The van der Waals surface area contributed by atoms with Crippen molar-refractivity contribution in [1.82, 2.24) is 0 Å². The van der Waals surface area contributed by atoms with Gasteiger partial charge in [0.25, 0.3) is 0 Å². The van der Waals surface area contributed by atoms with Crippen LogP contribution >= 0.6 is 27.7 Å². The van der Waals surface area contributed by atoms with Crippen molar-refractivity contribution < 1.29 is 22.7 Å². The van der Waals surface area contributed by atoms with Crippen molar-refractivity contribution in [3.63, 3.8) is 0 Å². The Balaban J connectivity index is 3.17. The second-order valence-corrected chi connectivity index (χ2v) is 5.22. The summed E-state index contributed by atoms with van der Waals surface area (Å²) in [4.78, 5) is 11.0. The second kappa shape index (κ2) is 6.30. The molecule has 0 aliphatic rings. The van der Waals surface area contributed by atoms with Gasteiger partial charge in [-0.2, -0.15) is 18.4 Å². The predicted octanol–water partition coefficient (Wildman–Crippen LogP) is 3.65. The molecule has 0 radical (unpaired) electrons. The second-order valence-electron chi connectivity index (χ2n) is 3.32. The molecule has 0 aromatic heterocycles. The van der Waals surface area contributed by atoms with Gasteiger partial charge in [-0.05, 0) is 39.3 Å². The van der Waals surface area contributed by atoms with Gasteiger partial charge < -0.3 is 4.74 Å². The van der Waals surface area contributed by atoms with Crippen LogP contribution in [-0.2, 0) is 16.0 Å². The maximum Gasteiger partial charge on any atom is 0.446 e. The first-order valence-electron chi connectivity index (χ1n) is 4.82. The Morgan fingerprint density at radius 2 is 2.16 bits per heavy atom. The number of methoxy groups -OCH3 is 1. The van der Waals surface area contributed by atoms with E-state index in [9.17, 15) is 18.0 Å². The molecule has 1 aromatic carbocycles. The molecule has 0 bridgehead atoms. The largest absolute Gasteiger partial charge is 0.469 e. The molecule has 8 heteroatoms. The van der Waals surface area contributed by atoms with Gasteiger partial charge in [0.1, 0.15) is 6.07 Å². The Hall–Kier alpha value is -1.20. The molecule has 3 nitrogen and oxygen atoms in total. The molecule has 1 aromatic rings. The van der Waals surface area contributed by atoms with E-state index >= 15 is 0 Å². The third-order valence-corrected chi connectivity index (χ3v) is 3.97. The number of rotatable bonds is 3. The van der Waals surface area contributed by atoms with E-state index in [1.807, 2.05) is 0 Å². The highest BCUT2D eigenvalue weighted by molar-refractivity contribution is 9.10. The maximum absolute atomic E-state index is 12.3. The molecule has 0 amide bonds. The summed E-state index contributed by atoms with van der Waals surface area (Å²) in [5.41, 5.74) is -4.13. The SMILES string of the molecule is COC(=O)Cc1ccc(SC(F)(F)F)c(Br)c1C#N. The molecule has 0 unspecified atom stereocenters. The lowest BCUT2D eigenvalue weighted by atomic mass is 10.1. The number of thioether (sulfide) groups is 1. The topological polar surface area (TPSA) is 50.1 Å². The van der Waals surface area contributed by atoms with Gasteiger partial charge in [0.15, 0.2) is 0 Å². The molecule has 0 saturated heterocycles. The molecule has 0 N–H and O–H groups in total. The summed E-state index contributed by atoms with van der Waals surface area (Å²) in [7, 11) is 1.19. The van der Waals surface area contributed by atoms with E-state index < -0.39 is 11.5 Å². The van der Waals surface area contributed by atoms with Gasteiger partial charge in [-0.25, -0.2) is 0 Å². The van der Waals surface area contributed by atoms with E-state index in [-0.39, 0.29) is 33.1 Å². The van der Waals surface area contributed by atoms with Crippen LogP contribution in [0.4, 0.5) is 13.2 Å². The Kier molecular flexibility index (Phi) is 5.26. The number of hydrogen-bond donors (Lipinski definition) is 0. The molecular formula is C11H7BrF3NO2S. The van der Waals surface area contributed by atoms with Crippen molar-refractivity contribution in [1.29, 1.82) is 5.26 Å². The number of hydrogen-bond acceptors (Lipinski definition) is 4. The Morgan fingerprint density at radius 3 is 2.63 bits per heavy atom. The molecule has 102 valence electrons. The van der Waals surface area contributed by atoms with Gasteiger partial charge in [0.2, 0.25) is 0 Å². The Morgan fingerprint density at radius 1 is 1.53 bits per heavy atom. The van der Waals surface area contributed by atoms with Crippen LogP contribution < -0.4 is 0 Å². The van der Waals surface area contributed by atoms with Gasteiger partial charge in [-0.3, -0.25) is 4.79 Å². The van der Waals surface area contributed by atoms with E-state index in [4.69, 9.17) is 5.26 Å². The summed E-state index contributed by atoms with van der Waals surface area (Å²) in [5, 5.41) is 8.99. The summed E-state index contributed by atoms with van der Waals surface area (Å²) in [6.45, 7) is 0. The highest BCUT2D eigenvalue weighted by Gasteiger charge is 2.31. The number of benzene rings is 1. The van der Waals surface area contributed by atoms with Crippen molar-refractivity contribution in [2.75, 3.05) is 7.11 Å². The number of carbonyl (C=O) groups is 1. The zero-order valence-electron chi connectivity index (χ0n) is 9.55. The lowest BCUT2D eigenvalue weighted by Gasteiger charge is -2.11. The molecular weight excluding hydrogens is 347 g/mol. The predicted molar refractivity (Wildman–Crippen MR) is 66.5 cm³/mol. The number of nitriles is 1. The van der Waals surface area contributed by atoms with E-state index in [0.717, 1.165) is 0 Å². The van der Waals surface area contributed by atoms with Gasteiger partial charge in [0, 0.05) is 9.37 Å².